The van der Waals surface area contributed by atoms with Crippen LogP contribution in [0.4, 0.5) is 0 Å². The van der Waals surface area contributed by atoms with Gasteiger partial charge in [0.05, 0.1) is 6.54 Å². The van der Waals surface area contributed by atoms with E-state index in [4.69, 9.17) is 4.99 Å². The number of guanidine groups is 1. The van der Waals surface area contributed by atoms with Crippen LogP contribution < -0.4 is 16.0 Å². The van der Waals surface area contributed by atoms with Gasteiger partial charge in [-0.05, 0) is 51.4 Å². The monoisotopic (exact) mass is 487 g/mol. The number of likely N-dealkylation sites (tertiary alicyclic amines) is 1. The maximum Gasteiger partial charge on any atom is 0.251 e. The van der Waals surface area contributed by atoms with Crippen molar-refractivity contribution < 1.29 is 4.79 Å². The number of amides is 1. The lowest BCUT2D eigenvalue weighted by molar-refractivity contribution is 0.0953. The molecule has 1 atom stereocenters. The standard InChI is InChI=1S/C20H33N5O.HI/c1-3-21-20(24-16-18-12-8-15-25(18)4-2)23-14-9-13-22-19(26)17-10-6-5-7-11-17;/h5-7,10-11,18H,3-4,8-9,12-16H2,1-2H3,(H,22,26)(H2,21,23,24);1H. The molecule has 1 aromatic rings. The molecule has 27 heavy (non-hydrogen) atoms. The summed E-state index contributed by atoms with van der Waals surface area (Å²) in [6.45, 7) is 9.70. The van der Waals surface area contributed by atoms with Gasteiger partial charge in [-0.15, -0.1) is 24.0 Å². The van der Waals surface area contributed by atoms with E-state index in [-0.39, 0.29) is 29.9 Å². The maximum absolute atomic E-state index is 12.0. The van der Waals surface area contributed by atoms with Crippen molar-refractivity contribution in [2.75, 3.05) is 39.3 Å². The van der Waals surface area contributed by atoms with Crippen LogP contribution in [0.25, 0.3) is 0 Å². The molecule has 1 amide bonds. The highest BCUT2D eigenvalue weighted by atomic mass is 127. The zero-order valence-electron chi connectivity index (χ0n) is 16.5. The first kappa shape index (κ1) is 23.7. The molecule has 6 nitrogen and oxygen atoms in total. The fraction of sp³-hybridized carbons (Fsp3) is 0.600. The van der Waals surface area contributed by atoms with E-state index < -0.39 is 0 Å². The van der Waals surface area contributed by atoms with E-state index in [9.17, 15) is 4.79 Å². The summed E-state index contributed by atoms with van der Waals surface area (Å²) in [4.78, 5) is 19.2. The van der Waals surface area contributed by atoms with E-state index >= 15 is 0 Å². The number of benzene rings is 1. The largest absolute Gasteiger partial charge is 0.357 e. The van der Waals surface area contributed by atoms with Gasteiger partial charge in [-0.2, -0.15) is 0 Å². The van der Waals surface area contributed by atoms with Crippen molar-refractivity contribution in [2.24, 2.45) is 4.99 Å². The average Bonchev–Trinajstić information content (AvgIpc) is 3.13. The van der Waals surface area contributed by atoms with Crippen LogP contribution in [0.1, 0.15) is 43.5 Å². The molecule has 0 aliphatic carbocycles. The van der Waals surface area contributed by atoms with Gasteiger partial charge in [-0.25, -0.2) is 0 Å². The smallest absolute Gasteiger partial charge is 0.251 e. The van der Waals surface area contributed by atoms with Crippen LogP contribution in [0.2, 0.25) is 0 Å². The Morgan fingerprint density at radius 2 is 1.89 bits per heavy atom. The second kappa shape index (κ2) is 13.8. The lowest BCUT2D eigenvalue weighted by atomic mass is 10.2. The molecular weight excluding hydrogens is 453 g/mol. The fourth-order valence-electron chi connectivity index (χ4n) is 3.25. The van der Waals surface area contributed by atoms with Crippen LogP contribution in [-0.2, 0) is 0 Å². The normalized spacial score (nSPS) is 17.3. The predicted octanol–water partition coefficient (Wildman–Crippen LogP) is 2.46. The van der Waals surface area contributed by atoms with E-state index in [0.29, 0.717) is 18.2 Å². The van der Waals surface area contributed by atoms with Crippen molar-refractivity contribution >= 4 is 35.8 Å². The molecule has 0 aromatic heterocycles. The molecule has 1 aliphatic heterocycles. The first-order chi connectivity index (χ1) is 12.7. The van der Waals surface area contributed by atoms with Gasteiger partial charge < -0.3 is 16.0 Å². The summed E-state index contributed by atoms with van der Waals surface area (Å²) >= 11 is 0. The van der Waals surface area contributed by atoms with Crippen LogP contribution in [0.5, 0.6) is 0 Å². The Balaban J connectivity index is 0.00000364. The molecule has 1 heterocycles. The second-order valence-corrected chi connectivity index (χ2v) is 6.55. The number of likely N-dealkylation sites (N-methyl/N-ethyl adjacent to an activating group) is 1. The summed E-state index contributed by atoms with van der Waals surface area (Å²) in [5.41, 5.74) is 0.701. The third kappa shape index (κ3) is 8.47. The number of hydrogen-bond acceptors (Lipinski definition) is 3. The molecule has 3 N–H and O–H groups in total. The SMILES string of the molecule is CCNC(=NCC1CCCN1CC)NCCCNC(=O)c1ccccc1.I. The molecule has 0 bridgehead atoms. The summed E-state index contributed by atoms with van der Waals surface area (Å²) in [6, 6.07) is 9.88. The van der Waals surface area contributed by atoms with Gasteiger partial charge in [0.2, 0.25) is 0 Å². The minimum atomic E-state index is -0.0212. The Labute approximate surface area is 180 Å². The van der Waals surface area contributed by atoms with Crippen molar-refractivity contribution in [3.8, 4) is 0 Å². The Morgan fingerprint density at radius 1 is 1.15 bits per heavy atom. The zero-order chi connectivity index (χ0) is 18.6. The third-order valence-electron chi connectivity index (χ3n) is 4.68. The molecule has 1 aromatic carbocycles. The van der Waals surface area contributed by atoms with Gasteiger partial charge >= 0.3 is 0 Å². The molecule has 0 radical (unpaired) electrons. The van der Waals surface area contributed by atoms with Crippen LogP contribution in [0.15, 0.2) is 35.3 Å². The molecule has 1 fully saturated rings. The number of halogens is 1. The molecule has 2 rings (SSSR count). The van der Waals surface area contributed by atoms with Crippen LogP contribution in [0, 0.1) is 0 Å². The first-order valence-electron chi connectivity index (χ1n) is 9.84. The minimum Gasteiger partial charge on any atom is -0.357 e. The zero-order valence-corrected chi connectivity index (χ0v) is 18.9. The summed E-state index contributed by atoms with van der Waals surface area (Å²) in [5.74, 6) is 0.844. The minimum absolute atomic E-state index is 0. The molecule has 0 spiro atoms. The number of carbonyl (C=O) groups is 1. The molecule has 0 saturated carbocycles. The van der Waals surface area contributed by atoms with Gasteiger partial charge in [0.1, 0.15) is 0 Å². The Kier molecular flexibility index (Phi) is 12.1. The van der Waals surface area contributed by atoms with Gasteiger partial charge in [0, 0.05) is 31.2 Å². The van der Waals surface area contributed by atoms with E-state index in [0.717, 1.165) is 38.6 Å². The highest BCUT2D eigenvalue weighted by Crippen LogP contribution is 2.16. The fourth-order valence-corrected chi connectivity index (χ4v) is 3.25. The third-order valence-corrected chi connectivity index (χ3v) is 4.68. The van der Waals surface area contributed by atoms with Crippen molar-refractivity contribution in [1.29, 1.82) is 0 Å². The van der Waals surface area contributed by atoms with Crippen LogP contribution in [-0.4, -0.2) is 62.1 Å². The number of rotatable bonds is 9. The lowest BCUT2D eigenvalue weighted by Gasteiger charge is -2.21. The topological polar surface area (TPSA) is 68.8 Å². The highest BCUT2D eigenvalue weighted by Gasteiger charge is 2.22. The summed E-state index contributed by atoms with van der Waals surface area (Å²) in [6.07, 6.45) is 3.37. The molecule has 7 heteroatoms. The number of aliphatic imine (C=N–C) groups is 1. The van der Waals surface area contributed by atoms with Gasteiger partial charge in [0.25, 0.3) is 5.91 Å². The van der Waals surface area contributed by atoms with Crippen molar-refractivity contribution in [2.45, 2.75) is 39.2 Å². The number of nitrogens with one attached hydrogen (secondary N) is 3. The molecule has 152 valence electrons. The highest BCUT2D eigenvalue weighted by molar-refractivity contribution is 14.0. The molecular formula is C20H34IN5O. The first-order valence-corrected chi connectivity index (χ1v) is 9.84. The Bertz CT molecular complexity index is 567. The molecule has 1 aliphatic rings. The molecule has 1 saturated heterocycles. The van der Waals surface area contributed by atoms with E-state index in [1.54, 1.807) is 0 Å². The van der Waals surface area contributed by atoms with Gasteiger partial charge in [-0.3, -0.25) is 14.7 Å². The summed E-state index contributed by atoms with van der Waals surface area (Å²) in [7, 11) is 0. The quantitative estimate of drug-likeness (QED) is 0.217. The van der Waals surface area contributed by atoms with Crippen LogP contribution in [0.3, 0.4) is 0 Å². The van der Waals surface area contributed by atoms with Crippen LogP contribution >= 0.6 is 24.0 Å². The van der Waals surface area contributed by atoms with Gasteiger partial charge in [0.15, 0.2) is 5.96 Å². The van der Waals surface area contributed by atoms with Crippen molar-refractivity contribution in [1.82, 2.24) is 20.9 Å². The summed E-state index contributed by atoms with van der Waals surface area (Å²) in [5, 5.41) is 9.61. The van der Waals surface area contributed by atoms with E-state index in [1.165, 1.54) is 19.4 Å². The van der Waals surface area contributed by atoms with Crippen molar-refractivity contribution in [3.63, 3.8) is 0 Å². The second-order valence-electron chi connectivity index (χ2n) is 6.55. The van der Waals surface area contributed by atoms with E-state index in [1.807, 2.05) is 30.3 Å². The lowest BCUT2D eigenvalue weighted by Crippen LogP contribution is -2.40. The average molecular weight is 487 g/mol. The molecule has 1 unspecified atom stereocenters. The maximum atomic E-state index is 12.0. The van der Waals surface area contributed by atoms with Crippen molar-refractivity contribution in [3.05, 3.63) is 35.9 Å². The van der Waals surface area contributed by atoms with Gasteiger partial charge in [-0.1, -0.05) is 25.1 Å². The predicted molar refractivity (Wildman–Crippen MR) is 123 cm³/mol. The number of nitrogens with zero attached hydrogens (tertiary/aromatic N) is 2. The Morgan fingerprint density at radius 3 is 2.59 bits per heavy atom. The Hall–Kier alpha value is -1.35. The number of hydrogen-bond donors (Lipinski definition) is 3. The number of carbonyl (C=O) groups excluding carboxylic acids is 1. The van der Waals surface area contributed by atoms with E-state index in [2.05, 4.69) is 34.7 Å². The summed E-state index contributed by atoms with van der Waals surface area (Å²) < 4.78 is 0.